The minimum Gasteiger partial charge on any atom is -0.367 e. The van der Waals surface area contributed by atoms with Crippen LogP contribution in [-0.2, 0) is 9.84 Å². The summed E-state index contributed by atoms with van der Waals surface area (Å²) in [7, 11) is -2.96. The Bertz CT molecular complexity index is 572. The quantitative estimate of drug-likeness (QED) is 0.894. The Morgan fingerprint density at radius 2 is 2.16 bits per heavy atom. The highest BCUT2D eigenvalue weighted by molar-refractivity contribution is 7.91. The van der Waals surface area contributed by atoms with E-state index in [1.54, 1.807) is 13.0 Å². The van der Waals surface area contributed by atoms with Crippen LogP contribution in [0, 0.1) is 5.82 Å². The Morgan fingerprint density at radius 3 is 2.74 bits per heavy atom. The molecule has 1 aliphatic rings. The molecule has 1 aromatic rings. The zero-order valence-corrected chi connectivity index (χ0v) is 12.0. The van der Waals surface area contributed by atoms with Crippen LogP contribution in [0.1, 0.15) is 25.5 Å². The number of sulfone groups is 1. The second-order valence-corrected chi connectivity index (χ2v) is 7.38. The molecular formula is C13H19FN2O2S. The zero-order valence-electron chi connectivity index (χ0n) is 11.1. The second-order valence-electron chi connectivity index (χ2n) is 5.15. The summed E-state index contributed by atoms with van der Waals surface area (Å²) in [6, 6.07) is 4.08. The molecule has 1 aliphatic heterocycles. The standard InChI is InChI=1S/C13H19FN2O2S/c1-9-8-19(17,18)6-5-16(9)13-4-3-11(14)7-12(13)10(2)15/h3-4,7,9-10H,5-6,8,15H2,1-2H3/t9?,10-/m0/s1. The molecule has 0 radical (unpaired) electrons. The van der Waals surface area contributed by atoms with Crippen molar-refractivity contribution in [1.29, 1.82) is 0 Å². The number of halogens is 1. The van der Waals surface area contributed by atoms with Crippen molar-refractivity contribution in [2.75, 3.05) is 23.0 Å². The Kier molecular flexibility index (Phi) is 3.82. The van der Waals surface area contributed by atoms with Gasteiger partial charge in [-0.15, -0.1) is 0 Å². The van der Waals surface area contributed by atoms with Crippen molar-refractivity contribution in [3.63, 3.8) is 0 Å². The highest BCUT2D eigenvalue weighted by Crippen LogP contribution is 2.29. The minimum absolute atomic E-state index is 0.123. The van der Waals surface area contributed by atoms with Gasteiger partial charge in [0.05, 0.1) is 11.5 Å². The summed E-state index contributed by atoms with van der Waals surface area (Å²) in [5.74, 6) is -0.0658. The summed E-state index contributed by atoms with van der Waals surface area (Å²) in [5, 5.41) is 0. The monoisotopic (exact) mass is 286 g/mol. The number of nitrogens with two attached hydrogens (primary N) is 1. The summed E-state index contributed by atoms with van der Waals surface area (Å²) in [4.78, 5) is 2.00. The molecule has 19 heavy (non-hydrogen) atoms. The van der Waals surface area contributed by atoms with Crippen molar-refractivity contribution in [3.05, 3.63) is 29.6 Å². The van der Waals surface area contributed by atoms with Crippen LogP contribution in [0.2, 0.25) is 0 Å². The van der Waals surface area contributed by atoms with Crippen molar-refractivity contribution < 1.29 is 12.8 Å². The van der Waals surface area contributed by atoms with Gasteiger partial charge in [0.1, 0.15) is 5.82 Å². The van der Waals surface area contributed by atoms with Gasteiger partial charge in [-0.1, -0.05) is 0 Å². The predicted octanol–water partition coefficient (Wildman–Crippen LogP) is 1.47. The van der Waals surface area contributed by atoms with E-state index in [0.29, 0.717) is 12.1 Å². The van der Waals surface area contributed by atoms with Gasteiger partial charge >= 0.3 is 0 Å². The minimum atomic E-state index is -2.96. The number of benzene rings is 1. The van der Waals surface area contributed by atoms with Crippen LogP contribution in [0.25, 0.3) is 0 Å². The first-order valence-electron chi connectivity index (χ1n) is 6.32. The van der Waals surface area contributed by atoms with E-state index in [1.165, 1.54) is 12.1 Å². The average molecular weight is 286 g/mol. The lowest BCUT2D eigenvalue weighted by Crippen LogP contribution is -2.47. The number of rotatable bonds is 2. The normalized spacial score (nSPS) is 24.2. The highest BCUT2D eigenvalue weighted by atomic mass is 32.2. The molecule has 0 amide bonds. The maximum Gasteiger partial charge on any atom is 0.154 e. The van der Waals surface area contributed by atoms with Gasteiger partial charge < -0.3 is 10.6 Å². The largest absolute Gasteiger partial charge is 0.367 e. The molecule has 4 nitrogen and oxygen atoms in total. The van der Waals surface area contributed by atoms with Crippen molar-refractivity contribution in [2.45, 2.75) is 25.9 Å². The molecule has 0 spiro atoms. The van der Waals surface area contributed by atoms with Crippen LogP contribution < -0.4 is 10.6 Å². The summed E-state index contributed by atoms with van der Waals surface area (Å²) in [6.07, 6.45) is 0. The first-order valence-corrected chi connectivity index (χ1v) is 8.14. The van der Waals surface area contributed by atoms with Crippen molar-refractivity contribution in [3.8, 4) is 0 Å². The molecule has 2 rings (SSSR count). The molecule has 0 aliphatic carbocycles. The fourth-order valence-corrected chi connectivity index (χ4v) is 4.06. The zero-order chi connectivity index (χ0) is 14.2. The fraction of sp³-hybridized carbons (Fsp3) is 0.538. The first-order chi connectivity index (χ1) is 8.80. The van der Waals surface area contributed by atoms with E-state index in [4.69, 9.17) is 5.73 Å². The lowest BCUT2D eigenvalue weighted by molar-refractivity contribution is 0.566. The average Bonchev–Trinajstić information content (AvgIpc) is 2.28. The smallest absolute Gasteiger partial charge is 0.154 e. The van der Waals surface area contributed by atoms with Gasteiger partial charge in [-0.2, -0.15) is 0 Å². The third kappa shape index (κ3) is 3.06. The third-order valence-electron chi connectivity index (χ3n) is 3.46. The van der Waals surface area contributed by atoms with Crippen LogP contribution in [0.5, 0.6) is 0 Å². The van der Waals surface area contributed by atoms with Gasteiger partial charge in [0.15, 0.2) is 9.84 Å². The second kappa shape index (κ2) is 5.09. The third-order valence-corrected chi connectivity index (χ3v) is 5.25. The molecule has 0 aromatic heterocycles. The van der Waals surface area contributed by atoms with E-state index >= 15 is 0 Å². The van der Waals surface area contributed by atoms with Crippen molar-refractivity contribution in [1.82, 2.24) is 0 Å². The molecule has 1 heterocycles. The molecule has 2 N–H and O–H groups in total. The number of hydrogen-bond donors (Lipinski definition) is 1. The van der Waals surface area contributed by atoms with Crippen LogP contribution in [0.4, 0.5) is 10.1 Å². The van der Waals surface area contributed by atoms with Crippen molar-refractivity contribution >= 4 is 15.5 Å². The molecule has 1 fully saturated rings. The van der Waals surface area contributed by atoms with E-state index in [9.17, 15) is 12.8 Å². The number of anilines is 1. The highest BCUT2D eigenvalue weighted by Gasteiger charge is 2.29. The van der Waals surface area contributed by atoms with Gasteiger partial charge in [-0.25, -0.2) is 12.8 Å². The van der Waals surface area contributed by atoms with Crippen LogP contribution in [0.3, 0.4) is 0 Å². The van der Waals surface area contributed by atoms with Crippen LogP contribution in [-0.4, -0.2) is 32.5 Å². The first kappa shape index (κ1) is 14.3. The molecule has 2 atom stereocenters. The Hall–Kier alpha value is -1.14. The molecule has 1 saturated heterocycles. The summed E-state index contributed by atoms with van der Waals surface area (Å²) >= 11 is 0. The van der Waals surface area contributed by atoms with Gasteiger partial charge in [-0.05, 0) is 37.6 Å². The van der Waals surface area contributed by atoms with E-state index in [1.807, 2.05) is 11.8 Å². The Morgan fingerprint density at radius 1 is 1.47 bits per heavy atom. The molecular weight excluding hydrogens is 267 g/mol. The molecule has 6 heteroatoms. The molecule has 106 valence electrons. The molecule has 1 unspecified atom stereocenters. The lowest BCUT2D eigenvalue weighted by atomic mass is 10.0. The Balaban J connectivity index is 2.37. The Labute approximate surface area is 113 Å². The topological polar surface area (TPSA) is 63.4 Å². The maximum atomic E-state index is 13.3. The molecule has 1 aromatic carbocycles. The maximum absolute atomic E-state index is 13.3. The van der Waals surface area contributed by atoms with E-state index in [0.717, 1.165) is 5.69 Å². The predicted molar refractivity (Wildman–Crippen MR) is 74.5 cm³/mol. The summed E-state index contributed by atoms with van der Waals surface area (Å²) < 4.78 is 36.5. The van der Waals surface area contributed by atoms with E-state index in [-0.39, 0.29) is 29.4 Å². The van der Waals surface area contributed by atoms with Crippen molar-refractivity contribution in [2.24, 2.45) is 5.73 Å². The van der Waals surface area contributed by atoms with Gasteiger partial charge in [-0.3, -0.25) is 0 Å². The molecule has 0 saturated carbocycles. The summed E-state index contributed by atoms with van der Waals surface area (Å²) in [6.45, 7) is 4.09. The van der Waals surface area contributed by atoms with Gasteiger partial charge in [0.2, 0.25) is 0 Å². The van der Waals surface area contributed by atoms with Crippen LogP contribution in [0.15, 0.2) is 18.2 Å². The van der Waals surface area contributed by atoms with E-state index < -0.39 is 9.84 Å². The van der Waals surface area contributed by atoms with Gasteiger partial charge in [0.25, 0.3) is 0 Å². The fourth-order valence-electron chi connectivity index (χ4n) is 2.51. The number of nitrogens with zero attached hydrogens (tertiary/aromatic N) is 1. The van der Waals surface area contributed by atoms with E-state index in [2.05, 4.69) is 0 Å². The van der Waals surface area contributed by atoms with Crippen LogP contribution >= 0.6 is 0 Å². The summed E-state index contributed by atoms with van der Waals surface area (Å²) in [5.41, 5.74) is 7.42. The van der Waals surface area contributed by atoms with Gasteiger partial charge in [0, 0.05) is 24.3 Å². The molecule has 0 bridgehead atoms. The SMILES string of the molecule is CC1CS(=O)(=O)CCN1c1ccc(F)cc1[C@H](C)N. The number of hydrogen-bond acceptors (Lipinski definition) is 4. The lowest BCUT2D eigenvalue weighted by Gasteiger charge is -2.36.